The van der Waals surface area contributed by atoms with Crippen molar-refractivity contribution in [1.29, 1.82) is 0 Å². The third-order valence-corrected chi connectivity index (χ3v) is 2.64. The number of halogens is 1. The lowest BCUT2D eigenvalue weighted by atomic mass is 10.1. The Balaban J connectivity index is 2.56. The lowest BCUT2D eigenvalue weighted by molar-refractivity contribution is 0.321. The second kappa shape index (κ2) is 6.46. The van der Waals surface area contributed by atoms with E-state index >= 15 is 0 Å². The van der Waals surface area contributed by atoms with Crippen LogP contribution in [0.5, 0.6) is 0 Å². The zero-order valence-corrected chi connectivity index (χ0v) is 9.67. The van der Waals surface area contributed by atoms with Gasteiger partial charge in [-0.15, -0.1) is 0 Å². The van der Waals surface area contributed by atoms with Crippen molar-refractivity contribution in [3.8, 4) is 0 Å². The Bertz CT molecular complexity index is 319. The first-order valence-corrected chi connectivity index (χ1v) is 5.62. The van der Waals surface area contributed by atoms with Crippen LogP contribution in [0.3, 0.4) is 0 Å². The highest BCUT2D eigenvalue weighted by molar-refractivity contribution is 6.69. The van der Waals surface area contributed by atoms with Crippen LogP contribution in [-0.4, -0.2) is 10.4 Å². The van der Waals surface area contributed by atoms with Crippen LogP contribution in [-0.2, 0) is 6.42 Å². The summed E-state index contributed by atoms with van der Waals surface area (Å²) in [5, 5.41) is 11.6. The van der Waals surface area contributed by atoms with E-state index in [1.807, 2.05) is 24.3 Å². The molecule has 1 aromatic carbocycles. The molecule has 0 unspecified atom stereocenters. The normalized spacial score (nSPS) is 11.7. The van der Waals surface area contributed by atoms with Crippen LogP contribution in [0.1, 0.15) is 37.3 Å². The van der Waals surface area contributed by atoms with Crippen LogP contribution in [0.25, 0.3) is 0 Å². The quantitative estimate of drug-likeness (QED) is 0.352. The van der Waals surface area contributed by atoms with Crippen molar-refractivity contribution in [3.05, 3.63) is 35.4 Å². The van der Waals surface area contributed by atoms with Gasteiger partial charge >= 0.3 is 0 Å². The number of hydrogen-bond acceptors (Lipinski definition) is 2. The molecule has 2 nitrogen and oxygen atoms in total. The molecule has 0 aliphatic rings. The van der Waals surface area contributed by atoms with Gasteiger partial charge in [0.25, 0.3) is 0 Å². The van der Waals surface area contributed by atoms with Gasteiger partial charge in [0.05, 0.1) is 0 Å². The van der Waals surface area contributed by atoms with E-state index in [-0.39, 0.29) is 5.17 Å². The van der Waals surface area contributed by atoms with E-state index in [0.29, 0.717) is 0 Å². The highest BCUT2D eigenvalue weighted by Gasteiger charge is 1.99. The van der Waals surface area contributed by atoms with Crippen LogP contribution in [0.4, 0.5) is 0 Å². The molecular formula is C12H16ClNO. The van der Waals surface area contributed by atoms with Crippen molar-refractivity contribution in [2.75, 3.05) is 0 Å². The van der Waals surface area contributed by atoms with E-state index in [1.165, 1.54) is 24.8 Å². The van der Waals surface area contributed by atoms with E-state index in [1.54, 1.807) is 0 Å². The van der Waals surface area contributed by atoms with Crippen molar-refractivity contribution in [2.24, 2.45) is 5.16 Å². The molecule has 1 N–H and O–H groups in total. The standard InChI is InChI=1S/C12H16ClNO/c1-2-3-4-5-10-6-8-11(9-7-10)12(13)14-15/h6-9,15H,2-5H2,1H3. The molecule has 0 fully saturated rings. The van der Waals surface area contributed by atoms with Gasteiger partial charge in [-0.05, 0) is 18.4 Å². The summed E-state index contributed by atoms with van der Waals surface area (Å²) in [5.41, 5.74) is 2.05. The molecule has 3 heteroatoms. The molecule has 0 radical (unpaired) electrons. The molecule has 0 aliphatic carbocycles. The van der Waals surface area contributed by atoms with Gasteiger partial charge in [-0.1, -0.05) is 60.8 Å². The predicted molar refractivity (Wildman–Crippen MR) is 63.8 cm³/mol. The van der Waals surface area contributed by atoms with Gasteiger partial charge in [-0.25, -0.2) is 0 Å². The summed E-state index contributed by atoms with van der Waals surface area (Å²) in [6, 6.07) is 7.81. The number of hydrogen-bond donors (Lipinski definition) is 1. The fourth-order valence-electron chi connectivity index (χ4n) is 1.45. The van der Waals surface area contributed by atoms with Gasteiger partial charge in [0.1, 0.15) is 0 Å². The highest BCUT2D eigenvalue weighted by atomic mass is 35.5. The lowest BCUT2D eigenvalue weighted by Gasteiger charge is -2.01. The lowest BCUT2D eigenvalue weighted by Crippen LogP contribution is -1.92. The maximum atomic E-state index is 8.49. The van der Waals surface area contributed by atoms with E-state index in [9.17, 15) is 0 Å². The zero-order chi connectivity index (χ0) is 11.1. The van der Waals surface area contributed by atoms with E-state index in [0.717, 1.165) is 12.0 Å². The number of nitrogens with zero attached hydrogens (tertiary/aromatic N) is 1. The second-order valence-electron chi connectivity index (χ2n) is 3.54. The van der Waals surface area contributed by atoms with Crippen LogP contribution in [0, 0.1) is 0 Å². The Labute approximate surface area is 95.6 Å². The Kier molecular flexibility index (Phi) is 5.19. The minimum absolute atomic E-state index is 0.134. The molecule has 82 valence electrons. The van der Waals surface area contributed by atoms with Crippen LogP contribution in [0.15, 0.2) is 29.4 Å². The molecule has 0 aliphatic heterocycles. The summed E-state index contributed by atoms with van der Waals surface area (Å²) < 4.78 is 0. The van der Waals surface area contributed by atoms with Crippen LogP contribution < -0.4 is 0 Å². The summed E-state index contributed by atoms with van der Waals surface area (Å²) in [7, 11) is 0. The zero-order valence-electron chi connectivity index (χ0n) is 8.91. The van der Waals surface area contributed by atoms with Gasteiger partial charge in [-0.3, -0.25) is 0 Å². The Hall–Kier alpha value is -1.02. The van der Waals surface area contributed by atoms with Gasteiger partial charge in [0.15, 0.2) is 5.17 Å². The third-order valence-electron chi connectivity index (χ3n) is 2.35. The average Bonchev–Trinajstić information content (AvgIpc) is 2.29. The SMILES string of the molecule is CCCCCc1ccc(C(Cl)=NO)cc1. The number of rotatable bonds is 5. The molecule has 1 rings (SSSR count). The molecule has 0 spiro atoms. The smallest absolute Gasteiger partial charge is 0.175 e. The maximum absolute atomic E-state index is 8.49. The second-order valence-corrected chi connectivity index (χ2v) is 3.90. The first kappa shape index (κ1) is 12.1. The molecule has 0 aromatic heterocycles. The molecule has 0 atom stereocenters. The molecule has 15 heavy (non-hydrogen) atoms. The summed E-state index contributed by atoms with van der Waals surface area (Å²) in [6.07, 6.45) is 4.82. The van der Waals surface area contributed by atoms with Crippen LogP contribution >= 0.6 is 11.6 Å². The maximum Gasteiger partial charge on any atom is 0.175 e. The summed E-state index contributed by atoms with van der Waals surface area (Å²) in [6.45, 7) is 2.20. The van der Waals surface area contributed by atoms with Crippen LogP contribution in [0.2, 0.25) is 0 Å². The third kappa shape index (κ3) is 3.92. The Morgan fingerprint density at radius 3 is 2.47 bits per heavy atom. The number of benzene rings is 1. The fraction of sp³-hybridized carbons (Fsp3) is 0.417. The first-order chi connectivity index (χ1) is 7.27. The molecule has 0 bridgehead atoms. The molecule has 0 amide bonds. The fourth-order valence-corrected chi connectivity index (χ4v) is 1.57. The summed E-state index contributed by atoms with van der Waals surface area (Å²) in [4.78, 5) is 0. The summed E-state index contributed by atoms with van der Waals surface area (Å²) >= 11 is 5.67. The van der Waals surface area contributed by atoms with Gasteiger partial charge in [0, 0.05) is 5.56 Å². The number of unbranched alkanes of at least 4 members (excludes halogenated alkanes) is 2. The first-order valence-electron chi connectivity index (χ1n) is 5.24. The molecule has 1 aromatic rings. The van der Waals surface area contributed by atoms with E-state index in [2.05, 4.69) is 12.1 Å². The molecule has 0 saturated heterocycles. The van der Waals surface area contributed by atoms with Crippen molar-refractivity contribution >= 4 is 16.8 Å². The Morgan fingerprint density at radius 2 is 1.93 bits per heavy atom. The van der Waals surface area contributed by atoms with Crippen molar-refractivity contribution in [3.63, 3.8) is 0 Å². The van der Waals surface area contributed by atoms with Crippen molar-refractivity contribution < 1.29 is 5.21 Å². The van der Waals surface area contributed by atoms with E-state index < -0.39 is 0 Å². The van der Waals surface area contributed by atoms with E-state index in [4.69, 9.17) is 16.8 Å². The Morgan fingerprint density at radius 1 is 1.27 bits per heavy atom. The highest BCUT2D eigenvalue weighted by Crippen LogP contribution is 2.10. The molecular weight excluding hydrogens is 210 g/mol. The molecule has 0 saturated carbocycles. The number of oxime groups is 1. The predicted octanol–water partition coefficient (Wildman–Crippen LogP) is 3.79. The average molecular weight is 226 g/mol. The topological polar surface area (TPSA) is 32.6 Å². The monoisotopic (exact) mass is 225 g/mol. The van der Waals surface area contributed by atoms with Gasteiger partial charge in [-0.2, -0.15) is 0 Å². The largest absolute Gasteiger partial charge is 0.410 e. The van der Waals surface area contributed by atoms with Gasteiger partial charge in [0.2, 0.25) is 0 Å². The van der Waals surface area contributed by atoms with Crippen molar-refractivity contribution in [1.82, 2.24) is 0 Å². The molecule has 0 heterocycles. The summed E-state index contributed by atoms with van der Waals surface area (Å²) in [5.74, 6) is 0. The number of aryl methyl sites for hydroxylation is 1. The minimum atomic E-state index is 0.134. The van der Waals surface area contributed by atoms with Crippen molar-refractivity contribution in [2.45, 2.75) is 32.6 Å². The minimum Gasteiger partial charge on any atom is -0.410 e. The van der Waals surface area contributed by atoms with Gasteiger partial charge < -0.3 is 5.21 Å².